The number of hydrogen-bond donors (Lipinski definition) is 1. The van der Waals surface area contributed by atoms with Crippen LogP contribution in [-0.4, -0.2) is 62.5 Å². The van der Waals surface area contributed by atoms with Gasteiger partial charge in [0.1, 0.15) is 0 Å². The molecule has 106 valence electrons. The van der Waals surface area contributed by atoms with Crippen LogP contribution in [0.15, 0.2) is 0 Å². The van der Waals surface area contributed by atoms with E-state index >= 15 is 0 Å². The van der Waals surface area contributed by atoms with Gasteiger partial charge in [0.25, 0.3) is 0 Å². The Labute approximate surface area is 111 Å². The zero-order valence-electron chi connectivity index (χ0n) is 12.2. The number of hydrogen-bond acceptors (Lipinski definition) is 4. The molecule has 0 spiro atoms. The summed E-state index contributed by atoms with van der Waals surface area (Å²) in [5.74, 6) is 0. The van der Waals surface area contributed by atoms with Crippen molar-refractivity contribution in [3.63, 3.8) is 0 Å². The number of piperazine rings is 1. The van der Waals surface area contributed by atoms with E-state index in [1.165, 1.54) is 0 Å². The Morgan fingerprint density at radius 2 is 2.06 bits per heavy atom. The first-order chi connectivity index (χ1) is 8.47. The summed E-state index contributed by atoms with van der Waals surface area (Å²) < 4.78 is 11.2. The molecule has 0 amide bonds. The zero-order valence-corrected chi connectivity index (χ0v) is 12.2. The van der Waals surface area contributed by atoms with Crippen LogP contribution < -0.4 is 5.32 Å². The Kier molecular flexibility index (Phi) is 4.64. The molecule has 0 aliphatic carbocycles. The minimum atomic E-state index is 0.250. The summed E-state index contributed by atoms with van der Waals surface area (Å²) in [6, 6.07) is 1.13. The number of ether oxygens (including phenoxy) is 2. The first-order valence-electron chi connectivity index (χ1n) is 7.13. The predicted molar refractivity (Wildman–Crippen MR) is 72.8 cm³/mol. The first-order valence-corrected chi connectivity index (χ1v) is 7.13. The lowest BCUT2D eigenvalue weighted by Gasteiger charge is -2.45. The maximum atomic E-state index is 5.76. The Morgan fingerprint density at radius 3 is 2.67 bits per heavy atom. The lowest BCUT2D eigenvalue weighted by Crippen LogP contribution is -2.61. The highest BCUT2D eigenvalue weighted by Crippen LogP contribution is 2.23. The van der Waals surface area contributed by atoms with Crippen molar-refractivity contribution in [3.8, 4) is 0 Å². The van der Waals surface area contributed by atoms with Crippen molar-refractivity contribution < 1.29 is 9.47 Å². The molecule has 0 aromatic carbocycles. The fraction of sp³-hybridized carbons (Fsp3) is 1.00. The molecule has 2 aliphatic rings. The topological polar surface area (TPSA) is 33.7 Å². The third-order valence-electron chi connectivity index (χ3n) is 4.07. The van der Waals surface area contributed by atoms with Crippen LogP contribution in [0.25, 0.3) is 0 Å². The SMILES string of the molecule is CC1CNC(C(C)(C)C)CN1CC1COCCO1. The van der Waals surface area contributed by atoms with Gasteiger partial charge in [-0.05, 0) is 12.3 Å². The van der Waals surface area contributed by atoms with Crippen LogP contribution in [0.1, 0.15) is 27.7 Å². The van der Waals surface area contributed by atoms with Crippen LogP contribution in [0.5, 0.6) is 0 Å². The number of rotatable bonds is 2. The van der Waals surface area contributed by atoms with Gasteiger partial charge in [-0.1, -0.05) is 20.8 Å². The third kappa shape index (κ3) is 3.67. The van der Waals surface area contributed by atoms with Gasteiger partial charge < -0.3 is 14.8 Å². The Morgan fingerprint density at radius 1 is 1.28 bits per heavy atom. The molecule has 3 unspecified atom stereocenters. The van der Waals surface area contributed by atoms with Crippen molar-refractivity contribution in [1.82, 2.24) is 10.2 Å². The van der Waals surface area contributed by atoms with Crippen molar-refractivity contribution in [2.45, 2.75) is 45.9 Å². The van der Waals surface area contributed by atoms with Crippen molar-refractivity contribution in [2.75, 3.05) is 39.5 Å². The summed E-state index contributed by atoms with van der Waals surface area (Å²) in [6.07, 6.45) is 0.250. The maximum Gasteiger partial charge on any atom is 0.0936 e. The van der Waals surface area contributed by atoms with E-state index in [-0.39, 0.29) is 6.10 Å². The summed E-state index contributed by atoms with van der Waals surface area (Å²) in [4.78, 5) is 2.55. The van der Waals surface area contributed by atoms with Crippen LogP contribution in [0.4, 0.5) is 0 Å². The average molecular weight is 256 g/mol. The van der Waals surface area contributed by atoms with Crippen molar-refractivity contribution in [2.24, 2.45) is 5.41 Å². The standard InChI is InChI=1S/C14H28N2O2/c1-11-7-15-13(14(2,3)4)9-16(11)8-12-10-17-5-6-18-12/h11-13,15H,5-10H2,1-4H3. The molecular weight excluding hydrogens is 228 g/mol. The van der Waals surface area contributed by atoms with Crippen LogP contribution in [0.3, 0.4) is 0 Å². The van der Waals surface area contributed by atoms with Crippen LogP contribution in [0, 0.1) is 5.41 Å². The summed E-state index contributed by atoms with van der Waals surface area (Å²) in [6.45, 7) is 14.6. The molecule has 0 bridgehead atoms. The maximum absolute atomic E-state index is 5.76. The van der Waals surface area contributed by atoms with E-state index in [0.29, 0.717) is 17.5 Å². The quantitative estimate of drug-likeness (QED) is 0.802. The van der Waals surface area contributed by atoms with Gasteiger partial charge in [-0.15, -0.1) is 0 Å². The van der Waals surface area contributed by atoms with Gasteiger partial charge >= 0.3 is 0 Å². The molecule has 0 radical (unpaired) electrons. The van der Waals surface area contributed by atoms with Gasteiger partial charge in [0.2, 0.25) is 0 Å². The highest BCUT2D eigenvalue weighted by atomic mass is 16.6. The molecule has 2 rings (SSSR count). The molecule has 2 fully saturated rings. The minimum absolute atomic E-state index is 0.250. The van der Waals surface area contributed by atoms with E-state index in [1.54, 1.807) is 0 Å². The molecule has 1 N–H and O–H groups in total. The van der Waals surface area contributed by atoms with Gasteiger partial charge in [-0.25, -0.2) is 0 Å². The smallest absolute Gasteiger partial charge is 0.0936 e. The highest BCUT2D eigenvalue weighted by molar-refractivity contribution is 4.91. The predicted octanol–water partition coefficient (Wildman–Crippen LogP) is 1.11. The molecule has 2 saturated heterocycles. The van der Waals surface area contributed by atoms with Gasteiger partial charge in [0, 0.05) is 31.7 Å². The second-order valence-corrected chi connectivity index (χ2v) is 6.70. The largest absolute Gasteiger partial charge is 0.376 e. The molecule has 0 aromatic heterocycles. The van der Waals surface area contributed by atoms with Crippen molar-refractivity contribution >= 4 is 0 Å². The Hall–Kier alpha value is -0.160. The molecule has 4 nitrogen and oxygen atoms in total. The third-order valence-corrected chi connectivity index (χ3v) is 4.07. The van der Waals surface area contributed by atoms with E-state index in [9.17, 15) is 0 Å². The Bertz CT molecular complexity index is 259. The Balaban J connectivity index is 1.88. The summed E-state index contributed by atoms with van der Waals surface area (Å²) in [7, 11) is 0. The average Bonchev–Trinajstić information content (AvgIpc) is 2.32. The lowest BCUT2D eigenvalue weighted by molar-refractivity contribution is -0.104. The highest BCUT2D eigenvalue weighted by Gasteiger charge is 2.33. The first kappa shape index (κ1) is 14.3. The van der Waals surface area contributed by atoms with E-state index < -0.39 is 0 Å². The number of nitrogens with one attached hydrogen (secondary N) is 1. The van der Waals surface area contributed by atoms with E-state index in [2.05, 4.69) is 37.9 Å². The van der Waals surface area contributed by atoms with Gasteiger partial charge in [0.05, 0.1) is 25.9 Å². The zero-order chi connectivity index (χ0) is 13.2. The summed E-state index contributed by atoms with van der Waals surface area (Å²) in [5, 5.41) is 3.66. The van der Waals surface area contributed by atoms with Gasteiger partial charge in [0.15, 0.2) is 0 Å². The van der Waals surface area contributed by atoms with Crippen molar-refractivity contribution in [3.05, 3.63) is 0 Å². The van der Waals surface area contributed by atoms with E-state index in [0.717, 1.165) is 39.5 Å². The molecule has 2 heterocycles. The normalized spacial score (nSPS) is 35.7. The molecule has 4 heteroatoms. The van der Waals surface area contributed by atoms with Crippen molar-refractivity contribution in [1.29, 1.82) is 0 Å². The molecule has 0 aromatic rings. The monoisotopic (exact) mass is 256 g/mol. The fourth-order valence-electron chi connectivity index (χ4n) is 2.66. The number of nitrogens with zero attached hydrogens (tertiary/aromatic N) is 1. The second kappa shape index (κ2) is 5.87. The van der Waals surface area contributed by atoms with Crippen LogP contribution >= 0.6 is 0 Å². The van der Waals surface area contributed by atoms with Gasteiger partial charge in [-0.2, -0.15) is 0 Å². The minimum Gasteiger partial charge on any atom is -0.376 e. The molecule has 2 aliphatic heterocycles. The molecule has 18 heavy (non-hydrogen) atoms. The molecule has 3 atom stereocenters. The molecule has 0 saturated carbocycles. The van der Waals surface area contributed by atoms with Crippen LogP contribution in [0.2, 0.25) is 0 Å². The summed E-state index contributed by atoms with van der Waals surface area (Å²) in [5.41, 5.74) is 0.308. The van der Waals surface area contributed by atoms with E-state index in [1.807, 2.05) is 0 Å². The van der Waals surface area contributed by atoms with Crippen LogP contribution in [-0.2, 0) is 9.47 Å². The second-order valence-electron chi connectivity index (χ2n) is 6.70. The summed E-state index contributed by atoms with van der Waals surface area (Å²) >= 11 is 0. The lowest BCUT2D eigenvalue weighted by atomic mass is 9.84. The van der Waals surface area contributed by atoms with E-state index in [4.69, 9.17) is 9.47 Å². The molecular formula is C14H28N2O2. The fourth-order valence-corrected chi connectivity index (χ4v) is 2.66. The van der Waals surface area contributed by atoms with Gasteiger partial charge in [-0.3, -0.25) is 4.90 Å².